The number of methoxy groups -OCH3 is 2. The van der Waals surface area contributed by atoms with Crippen LogP contribution in [0.25, 0.3) is 5.57 Å². The highest BCUT2D eigenvalue weighted by Crippen LogP contribution is 2.40. The Labute approximate surface area is 163 Å². The van der Waals surface area contributed by atoms with E-state index in [1.54, 1.807) is 18.2 Å². The van der Waals surface area contributed by atoms with E-state index < -0.39 is 0 Å². The number of thioether (sulfide) groups is 1. The monoisotopic (exact) mass is 383 g/mol. The highest BCUT2D eigenvalue weighted by Gasteiger charge is 2.40. The Morgan fingerprint density at radius 1 is 0.926 bits per heavy atom. The second kappa shape index (κ2) is 7.88. The molecule has 0 fully saturated rings. The zero-order valence-corrected chi connectivity index (χ0v) is 16.6. The third-order valence-corrected chi connectivity index (χ3v) is 5.22. The molecular formula is C21H21NO4S. The standard InChI is InChI=1S/C21H21NO4S/c1-5-27-19-18(14-8-6-13(2)7-9-14)20(23)22(21(19)24)15-10-16(25-3)12-17(11-15)26-4/h6-12H,5H2,1-4H3. The molecule has 2 aromatic carbocycles. The first-order valence-electron chi connectivity index (χ1n) is 8.56. The van der Waals surface area contributed by atoms with Crippen molar-refractivity contribution in [2.45, 2.75) is 13.8 Å². The van der Waals surface area contributed by atoms with Crippen LogP contribution in [-0.2, 0) is 9.59 Å². The van der Waals surface area contributed by atoms with E-state index in [0.717, 1.165) is 11.1 Å². The summed E-state index contributed by atoms with van der Waals surface area (Å²) < 4.78 is 10.6. The minimum Gasteiger partial charge on any atom is -0.497 e. The molecule has 2 aromatic rings. The van der Waals surface area contributed by atoms with Gasteiger partial charge in [-0.25, -0.2) is 4.90 Å². The average Bonchev–Trinajstić information content (AvgIpc) is 2.92. The van der Waals surface area contributed by atoms with Gasteiger partial charge in [0.25, 0.3) is 11.8 Å². The first kappa shape index (κ1) is 19.0. The van der Waals surface area contributed by atoms with Crippen LogP contribution in [0.1, 0.15) is 18.1 Å². The van der Waals surface area contributed by atoms with Crippen molar-refractivity contribution < 1.29 is 19.1 Å². The number of anilines is 1. The van der Waals surface area contributed by atoms with Gasteiger partial charge in [-0.05, 0) is 18.2 Å². The second-order valence-electron chi connectivity index (χ2n) is 6.02. The molecule has 27 heavy (non-hydrogen) atoms. The summed E-state index contributed by atoms with van der Waals surface area (Å²) in [5.41, 5.74) is 2.70. The van der Waals surface area contributed by atoms with Gasteiger partial charge in [0.15, 0.2) is 0 Å². The molecule has 0 atom stereocenters. The quantitative estimate of drug-likeness (QED) is 0.705. The summed E-state index contributed by atoms with van der Waals surface area (Å²) in [6.45, 7) is 3.94. The molecule has 6 heteroatoms. The van der Waals surface area contributed by atoms with Crippen LogP contribution < -0.4 is 14.4 Å². The smallest absolute Gasteiger partial charge is 0.272 e. The number of hydrogen-bond donors (Lipinski definition) is 0. The molecular weight excluding hydrogens is 362 g/mol. The number of aryl methyl sites for hydroxylation is 1. The Balaban J connectivity index is 2.10. The van der Waals surface area contributed by atoms with E-state index in [2.05, 4.69) is 0 Å². The first-order chi connectivity index (χ1) is 13.0. The van der Waals surface area contributed by atoms with Crippen molar-refractivity contribution in [1.82, 2.24) is 0 Å². The molecule has 1 aliphatic rings. The minimum absolute atomic E-state index is 0.322. The number of ether oxygens (including phenoxy) is 2. The summed E-state index contributed by atoms with van der Waals surface area (Å²) >= 11 is 1.38. The third-order valence-electron chi connectivity index (χ3n) is 4.26. The summed E-state index contributed by atoms with van der Waals surface area (Å²) in [7, 11) is 3.06. The van der Waals surface area contributed by atoms with Crippen molar-refractivity contribution in [3.05, 3.63) is 58.5 Å². The van der Waals surface area contributed by atoms with E-state index in [4.69, 9.17) is 9.47 Å². The van der Waals surface area contributed by atoms with Crippen molar-refractivity contribution in [3.63, 3.8) is 0 Å². The number of imide groups is 1. The van der Waals surface area contributed by atoms with Crippen molar-refractivity contribution in [3.8, 4) is 11.5 Å². The number of rotatable bonds is 6. The van der Waals surface area contributed by atoms with Crippen LogP contribution in [0, 0.1) is 6.92 Å². The zero-order valence-electron chi connectivity index (χ0n) is 15.7. The molecule has 0 aromatic heterocycles. The predicted octanol–water partition coefficient (Wildman–Crippen LogP) is 4.05. The lowest BCUT2D eigenvalue weighted by atomic mass is 10.0. The molecule has 2 amide bonds. The number of hydrogen-bond acceptors (Lipinski definition) is 5. The Morgan fingerprint density at radius 2 is 1.52 bits per heavy atom. The van der Waals surface area contributed by atoms with Gasteiger partial charge in [-0.3, -0.25) is 9.59 Å². The van der Waals surface area contributed by atoms with Crippen molar-refractivity contribution in [2.75, 3.05) is 24.9 Å². The molecule has 3 rings (SSSR count). The first-order valence-corrected chi connectivity index (χ1v) is 9.54. The van der Waals surface area contributed by atoms with Gasteiger partial charge in [-0.15, -0.1) is 11.8 Å². The topological polar surface area (TPSA) is 55.8 Å². The summed E-state index contributed by atoms with van der Waals surface area (Å²) in [5.74, 6) is 1.06. The number of carbonyl (C=O) groups excluding carboxylic acids is 2. The van der Waals surface area contributed by atoms with Crippen LogP contribution in [0.15, 0.2) is 47.4 Å². The van der Waals surface area contributed by atoms with Crippen molar-refractivity contribution >= 4 is 34.8 Å². The second-order valence-corrected chi connectivity index (χ2v) is 7.29. The van der Waals surface area contributed by atoms with E-state index in [1.807, 2.05) is 38.1 Å². The Morgan fingerprint density at radius 3 is 2.04 bits per heavy atom. The predicted molar refractivity (Wildman–Crippen MR) is 108 cm³/mol. The molecule has 0 unspecified atom stereocenters. The number of nitrogens with zero attached hydrogens (tertiary/aromatic N) is 1. The highest BCUT2D eigenvalue weighted by molar-refractivity contribution is 8.04. The Bertz CT molecular complexity index is 896. The zero-order chi connectivity index (χ0) is 19.6. The molecule has 0 radical (unpaired) electrons. The molecule has 0 saturated carbocycles. The van der Waals surface area contributed by atoms with Crippen LogP contribution in [0.4, 0.5) is 5.69 Å². The number of amides is 2. The normalized spacial score (nSPS) is 14.1. The summed E-state index contributed by atoms with van der Waals surface area (Å²) in [6, 6.07) is 12.6. The largest absolute Gasteiger partial charge is 0.497 e. The lowest BCUT2D eigenvalue weighted by molar-refractivity contribution is -0.119. The molecule has 0 aliphatic carbocycles. The molecule has 0 N–H and O–H groups in total. The molecule has 140 valence electrons. The maximum absolute atomic E-state index is 13.2. The van der Waals surface area contributed by atoms with E-state index in [0.29, 0.717) is 33.4 Å². The fraction of sp³-hybridized carbons (Fsp3) is 0.238. The van der Waals surface area contributed by atoms with Crippen LogP contribution in [0.2, 0.25) is 0 Å². The fourth-order valence-corrected chi connectivity index (χ4v) is 3.77. The van der Waals surface area contributed by atoms with E-state index >= 15 is 0 Å². The highest BCUT2D eigenvalue weighted by atomic mass is 32.2. The molecule has 1 aliphatic heterocycles. The van der Waals surface area contributed by atoms with Gasteiger partial charge in [-0.1, -0.05) is 36.8 Å². The average molecular weight is 383 g/mol. The van der Waals surface area contributed by atoms with Gasteiger partial charge >= 0.3 is 0 Å². The maximum Gasteiger partial charge on any atom is 0.272 e. The van der Waals surface area contributed by atoms with Gasteiger partial charge in [0, 0.05) is 18.2 Å². The van der Waals surface area contributed by atoms with E-state index in [-0.39, 0.29) is 11.8 Å². The summed E-state index contributed by atoms with van der Waals surface area (Å²) in [4.78, 5) is 28.0. The van der Waals surface area contributed by atoms with Gasteiger partial charge in [0.2, 0.25) is 0 Å². The van der Waals surface area contributed by atoms with Crippen molar-refractivity contribution in [1.29, 1.82) is 0 Å². The molecule has 1 heterocycles. The third kappa shape index (κ3) is 3.57. The van der Waals surface area contributed by atoms with Crippen LogP contribution in [-0.4, -0.2) is 31.8 Å². The van der Waals surface area contributed by atoms with Crippen LogP contribution >= 0.6 is 11.8 Å². The summed E-state index contributed by atoms with van der Waals surface area (Å²) in [5, 5.41) is 0. The van der Waals surface area contributed by atoms with Crippen LogP contribution in [0.3, 0.4) is 0 Å². The fourth-order valence-electron chi connectivity index (χ4n) is 2.92. The van der Waals surface area contributed by atoms with Gasteiger partial charge in [-0.2, -0.15) is 0 Å². The number of carbonyl (C=O) groups is 2. The van der Waals surface area contributed by atoms with Gasteiger partial charge < -0.3 is 9.47 Å². The summed E-state index contributed by atoms with van der Waals surface area (Å²) in [6.07, 6.45) is 0. The van der Waals surface area contributed by atoms with Gasteiger partial charge in [0.05, 0.1) is 30.4 Å². The SMILES string of the molecule is CCSC1=C(c2ccc(C)cc2)C(=O)N(c2cc(OC)cc(OC)c2)C1=O. The Kier molecular flexibility index (Phi) is 5.56. The molecule has 0 saturated heterocycles. The van der Waals surface area contributed by atoms with E-state index in [1.165, 1.54) is 30.9 Å². The molecule has 5 nitrogen and oxygen atoms in total. The molecule has 0 bridgehead atoms. The minimum atomic E-state index is -0.338. The van der Waals surface area contributed by atoms with E-state index in [9.17, 15) is 9.59 Å². The number of benzene rings is 2. The maximum atomic E-state index is 13.2. The Hall–Kier alpha value is -2.73. The lowest BCUT2D eigenvalue weighted by Crippen LogP contribution is -2.31. The van der Waals surface area contributed by atoms with Crippen molar-refractivity contribution in [2.24, 2.45) is 0 Å². The van der Waals surface area contributed by atoms with Crippen LogP contribution in [0.5, 0.6) is 11.5 Å². The van der Waals surface area contributed by atoms with Gasteiger partial charge in [0.1, 0.15) is 11.5 Å². The lowest BCUT2D eigenvalue weighted by Gasteiger charge is -2.17. The molecule has 0 spiro atoms.